The molecule has 2 aromatic rings. The second-order valence-electron chi connectivity index (χ2n) is 11.0. The Morgan fingerprint density at radius 1 is 0.974 bits per heavy atom. The first kappa shape index (κ1) is 25.3. The Labute approximate surface area is 222 Å². The number of carbonyl (C=O) groups is 2. The molecule has 3 aliphatic heterocycles. The lowest BCUT2D eigenvalue weighted by Gasteiger charge is -2.42. The SMILES string of the molecule is O=C1[C@H]2[C@H](CC(CO)=C3B(O)O[C@H](c4cccc(O)c4)C[C@H]32)C(=O)N1C1CCN(Cc2ccccc2)CC1. The van der Waals surface area contributed by atoms with Crippen LogP contribution in [0.4, 0.5) is 0 Å². The minimum Gasteiger partial charge on any atom is -0.508 e. The van der Waals surface area contributed by atoms with E-state index >= 15 is 0 Å². The Morgan fingerprint density at radius 3 is 2.45 bits per heavy atom. The van der Waals surface area contributed by atoms with Crippen molar-refractivity contribution in [2.24, 2.45) is 17.8 Å². The van der Waals surface area contributed by atoms with E-state index in [1.165, 1.54) is 10.5 Å². The summed E-state index contributed by atoms with van der Waals surface area (Å²) in [6.07, 6.45) is 1.59. The molecule has 3 fully saturated rings. The maximum atomic E-state index is 13.9. The molecule has 0 aromatic heterocycles. The van der Waals surface area contributed by atoms with Crippen LogP contribution in [-0.2, 0) is 20.8 Å². The predicted octanol–water partition coefficient (Wildman–Crippen LogP) is 2.45. The number of imide groups is 1. The van der Waals surface area contributed by atoms with E-state index < -0.39 is 31.0 Å². The van der Waals surface area contributed by atoms with Crippen molar-refractivity contribution in [3.63, 3.8) is 0 Å². The summed E-state index contributed by atoms with van der Waals surface area (Å²) < 4.78 is 5.90. The van der Waals surface area contributed by atoms with Crippen LogP contribution in [0.1, 0.15) is 42.9 Å². The number of hydrogen-bond acceptors (Lipinski definition) is 7. The minimum atomic E-state index is -1.28. The molecular formula is C29H33BN2O6. The summed E-state index contributed by atoms with van der Waals surface area (Å²) in [7, 11) is -1.28. The summed E-state index contributed by atoms with van der Waals surface area (Å²) in [6.45, 7) is 2.19. The Kier molecular flexibility index (Phi) is 6.86. The monoisotopic (exact) mass is 516 g/mol. The fourth-order valence-electron chi connectivity index (χ4n) is 7.06. The van der Waals surface area contributed by atoms with E-state index in [1.807, 2.05) is 24.3 Å². The van der Waals surface area contributed by atoms with Crippen LogP contribution in [0.2, 0.25) is 0 Å². The Bertz CT molecular complexity index is 1240. The molecule has 3 saturated heterocycles. The van der Waals surface area contributed by atoms with Crippen LogP contribution in [0, 0.1) is 17.8 Å². The van der Waals surface area contributed by atoms with E-state index in [0.717, 1.165) is 32.5 Å². The number of likely N-dealkylation sites (tertiary alicyclic amines) is 2. The minimum absolute atomic E-state index is 0.0939. The summed E-state index contributed by atoms with van der Waals surface area (Å²) in [4.78, 5) is 31.5. The first-order chi connectivity index (χ1) is 18.4. The molecule has 4 aliphatic rings. The van der Waals surface area contributed by atoms with E-state index in [9.17, 15) is 24.8 Å². The molecule has 38 heavy (non-hydrogen) atoms. The van der Waals surface area contributed by atoms with Crippen molar-refractivity contribution >= 4 is 18.9 Å². The number of aromatic hydroxyl groups is 1. The highest BCUT2D eigenvalue weighted by molar-refractivity contribution is 6.53. The number of amides is 2. The summed E-state index contributed by atoms with van der Waals surface area (Å²) in [5.41, 5.74) is 3.10. The average molecular weight is 516 g/mol. The summed E-state index contributed by atoms with van der Waals surface area (Å²) in [5.74, 6) is -1.74. The number of aliphatic hydroxyl groups is 1. The number of fused-ring (bicyclic) bond motifs is 3. The highest BCUT2D eigenvalue weighted by Gasteiger charge is 2.58. The predicted molar refractivity (Wildman–Crippen MR) is 140 cm³/mol. The molecule has 8 nitrogen and oxygen atoms in total. The van der Waals surface area contributed by atoms with Gasteiger partial charge in [-0.3, -0.25) is 19.4 Å². The number of carbonyl (C=O) groups excluding carboxylic acids is 2. The second kappa shape index (κ2) is 10.3. The zero-order chi connectivity index (χ0) is 26.4. The fourth-order valence-corrected chi connectivity index (χ4v) is 7.06. The zero-order valence-electron chi connectivity index (χ0n) is 21.3. The largest absolute Gasteiger partial charge is 0.508 e. The zero-order valence-corrected chi connectivity index (χ0v) is 21.3. The van der Waals surface area contributed by atoms with Crippen LogP contribution in [0.25, 0.3) is 0 Å². The highest BCUT2D eigenvalue weighted by Crippen LogP contribution is 2.52. The van der Waals surface area contributed by atoms with E-state index in [1.54, 1.807) is 18.2 Å². The van der Waals surface area contributed by atoms with Crippen LogP contribution in [0.15, 0.2) is 65.6 Å². The van der Waals surface area contributed by atoms with Gasteiger partial charge in [-0.1, -0.05) is 42.5 Å². The molecule has 9 heteroatoms. The maximum Gasteiger partial charge on any atom is 0.487 e. The molecule has 0 radical (unpaired) electrons. The number of phenolic OH excluding ortho intramolecular Hbond substituents is 1. The highest BCUT2D eigenvalue weighted by atomic mass is 16.5. The van der Waals surface area contributed by atoms with Crippen LogP contribution in [-0.4, -0.2) is 69.7 Å². The van der Waals surface area contributed by atoms with E-state index in [2.05, 4.69) is 17.0 Å². The first-order valence-corrected chi connectivity index (χ1v) is 13.5. The lowest BCUT2D eigenvalue weighted by atomic mass is 9.55. The van der Waals surface area contributed by atoms with Gasteiger partial charge in [-0.25, -0.2) is 0 Å². The number of benzene rings is 2. The first-order valence-electron chi connectivity index (χ1n) is 13.5. The van der Waals surface area contributed by atoms with Crippen LogP contribution in [0.5, 0.6) is 5.75 Å². The standard InChI is InChI=1S/C29H33BN2O6/c33-17-20-14-24-26(23-15-25(38-30(37)27(20)23)19-7-4-8-22(34)13-19)29(36)32(28(24)35)21-9-11-31(12-10-21)16-18-5-2-1-3-6-18/h1-8,13,21,23-26,33-34,37H,9-12,14-17H2/t23-,24-,25-,26+/m0/s1. The second-order valence-corrected chi connectivity index (χ2v) is 11.0. The van der Waals surface area contributed by atoms with Gasteiger partial charge in [-0.15, -0.1) is 0 Å². The van der Waals surface area contributed by atoms with Gasteiger partial charge >= 0.3 is 7.12 Å². The normalized spacial score (nSPS) is 28.6. The average Bonchev–Trinajstić information content (AvgIpc) is 3.18. The van der Waals surface area contributed by atoms with E-state index in [-0.39, 0.29) is 36.6 Å². The van der Waals surface area contributed by atoms with Gasteiger partial charge in [0.2, 0.25) is 11.8 Å². The molecule has 198 valence electrons. The number of phenols is 1. The topological polar surface area (TPSA) is 111 Å². The number of hydrogen-bond donors (Lipinski definition) is 3. The quantitative estimate of drug-likeness (QED) is 0.414. The van der Waals surface area contributed by atoms with Crippen molar-refractivity contribution in [3.8, 4) is 5.75 Å². The van der Waals surface area contributed by atoms with Crippen LogP contribution in [0.3, 0.4) is 0 Å². The molecular weight excluding hydrogens is 483 g/mol. The van der Waals surface area contributed by atoms with Crippen molar-refractivity contribution in [3.05, 3.63) is 76.8 Å². The van der Waals surface area contributed by atoms with E-state index in [0.29, 0.717) is 23.0 Å². The fraction of sp³-hybridized carbons (Fsp3) is 0.448. The van der Waals surface area contributed by atoms with Crippen molar-refractivity contribution in [2.75, 3.05) is 19.7 Å². The number of allylic oxidation sites excluding steroid dienone is 1. The lowest BCUT2D eigenvalue weighted by molar-refractivity contribution is -0.144. The van der Waals surface area contributed by atoms with E-state index in [4.69, 9.17) is 4.65 Å². The lowest BCUT2D eigenvalue weighted by Crippen LogP contribution is -2.48. The molecule has 0 unspecified atom stereocenters. The van der Waals surface area contributed by atoms with Crippen LogP contribution >= 0.6 is 0 Å². The van der Waals surface area contributed by atoms with Crippen molar-refractivity contribution in [1.82, 2.24) is 9.80 Å². The number of aliphatic hydroxyl groups excluding tert-OH is 1. The molecule has 3 N–H and O–H groups in total. The van der Waals surface area contributed by atoms with Gasteiger partial charge in [0.15, 0.2) is 0 Å². The molecule has 6 rings (SSSR count). The Balaban J connectivity index is 1.22. The van der Waals surface area contributed by atoms with Gasteiger partial charge in [0, 0.05) is 25.7 Å². The number of rotatable bonds is 5. The molecule has 0 spiro atoms. The molecule has 0 saturated carbocycles. The summed E-state index contributed by atoms with van der Waals surface area (Å²) >= 11 is 0. The molecule has 0 bridgehead atoms. The smallest absolute Gasteiger partial charge is 0.487 e. The molecule has 3 heterocycles. The molecule has 2 amide bonds. The van der Waals surface area contributed by atoms with Gasteiger partial charge < -0.3 is 19.9 Å². The summed E-state index contributed by atoms with van der Waals surface area (Å²) in [5, 5.41) is 31.1. The van der Waals surface area contributed by atoms with Crippen LogP contribution < -0.4 is 0 Å². The summed E-state index contributed by atoms with van der Waals surface area (Å²) in [6, 6.07) is 16.8. The third kappa shape index (κ3) is 4.47. The maximum absolute atomic E-state index is 13.9. The number of piperidine rings is 1. The van der Waals surface area contributed by atoms with Gasteiger partial charge in [0.05, 0.1) is 24.5 Å². The molecule has 1 aliphatic carbocycles. The third-order valence-electron chi connectivity index (χ3n) is 8.85. The third-order valence-corrected chi connectivity index (χ3v) is 8.85. The molecule has 4 atom stereocenters. The molecule has 2 aromatic carbocycles. The van der Waals surface area contributed by atoms with Crippen molar-refractivity contribution in [2.45, 2.75) is 44.4 Å². The Morgan fingerprint density at radius 2 is 1.74 bits per heavy atom. The van der Waals surface area contributed by atoms with Crippen molar-refractivity contribution < 1.29 is 29.5 Å². The Hall–Kier alpha value is -2.98. The van der Waals surface area contributed by atoms with Gasteiger partial charge in [0.1, 0.15) is 5.75 Å². The van der Waals surface area contributed by atoms with Crippen molar-refractivity contribution in [1.29, 1.82) is 0 Å². The van der Waals surface area contributed by atoms with Gasteiger partial charge in [-0.05, 0) is 65.9 Å². The van der Waals surface area contributed by atoms with Gasteiger partial charge in [0.25, 0.3) is 0 Å². The number of nitrogens with zero attached hydrogens (tertiary/aromatic N) is 2. The van der Waals surface area contributed by atoms with Gasteiger partial charge in [-0.2, -0.15) is 0 Å².